The predicted octanol–water partition coefficient (Wildman–Crippen LogP) is 4.42. The second-order valence-corrected chi connectivity index (χ2v) is 10.3. The molecular formula is C26H30F3N7O2. The van der Waals surface area contributed by atoms with Crippen molar-refractivity contribution in [2.45, 2.75) is 65.0 Å². The van der Waals surface area contributed by atoms with Gasteiger partial charge in [0.25, 0.3) is 12.3 Å². The molecule has 2 saturated carbocycles. The molecule has 3 aromatic heterocycles. The molecule has 0 spiro atoms. The summed E-state index contributed by atoms with van der Waals surface area (Å²) >= 11 is 0. The van der Waals surface area contributed by atoms with Crippen LogP contribution in [0.3, 0.4) is 0 Å². The van der Waals surface area contributed by atoms with Crippen LogP contribution in [-0.2, 0) is 4.79 Å². The number of aryl methyl sites for hydroxylation is 2. The molecule has 2 aliphatic rings. The normalized spacial score (nSPS) is 17.1. The number of aromatic amines is 1. The van der Waals surface area contributed by atoms with Crippen LogP contribution in [0.1, 0.15) is 60.5 Å². The molecule has 0 saturated heterocycles. The fourth-order valence-corrected chi connectivity index (χ4v) is 5.21. The number of anilines is 1. The molecule has 3 N–H and O–H groups in total. The summed E-state index contributed by atoms with van der Waals surface area (Å²) in [5, 5.41) is 16.2. The van der Waals surface area contributed by atoms with E-state index in [1.165, 1.54) is 31.3 Å². The molecule has 3 aromatic rings. The van der Waals surface area contributed by atoms with Crippen LogP contribution < -0.4 is 10.6 Å². The minimum Gasteiger partial charge on any atom is -0.339 e. The van der Waals surface area contributed by atoms with Gasteiger partial charge in [-0.2, -0.15) is 14.6 Å². The Bertz CT molecular complexity index is 1310. The molecule has 2 atom stereocenters. The van der Waals surface area contributed by atoms with E-state index in [9.17, 15) is 22.8 Å². The number of carbonyl (C=O) groups excluding carboxylic acids is 2. The molecule has 0 bridgehead atoms. The summed E-state index contributed by atoms with van der Waals surface area (Å²) in [7, 11) is 0. The summed E-state index contributed by atoms with van der Waals surface area (Å²) in [6.45, 7) is 4.80. The monoisotopic (exact) mass is 529 g/mol. The van der Waals surface area contributed by atoms with Crippen molar-refractivity contribution >= 4 is 17.6 Å². The molecule has 2 amide bonds. The van der Waals surface area contributed by atoms with Gasteiger partial charge in [-0.15, -0.1) is 0 Å². The molecule has 2 fully saturated rings. The fraction of sp³-hybridized carbons (Fsp3) is 0.500. The first kappa shape index (κ1) is 25.9. The van der Waals surface area contributed by atoms with Crippen LogP contribution in [0.4, 0.5) is 19.0 Å². The van der Waals surface area contributed by atoms with Gasteiger partial charge in [0.2, 0.25) is 11.9 Å². The fourth-order valence-electron chi connectivity index (χ4n) is 5.21. The van der Waals surface area contributed by atoms with Crippen LogP contribution in [0.15, 0.2) is 24.4 Å². The van der Waals surface area contributed by atoms with E-state index < -0.39 is 36.3 Å². The number of H-pyrrole nitrogens is 1. The van der Waals surface area contributed by atoms with Gasteiger partial charge in [-0.3, -0.25) is 19.4 Å². The lowest BCUT2D eigenvalue weighted by atomic mass is 9.88. The van der Waals surface area contributed by atoms with Crippen LogP contribution >= 0.6 is 0 Å². The number of hydrogen-bond donors (Lipinski definition) is 3. The van der Waals surface area contributed by atoms with E-state index >= 15 is 0 Å². The first-order valence-electron chi connectivity index (χ1n) is 12.8. The lowest BCUT2D eigenvalue weighted by molar-refractivity contribution is -0.119. The minimum atomic E-state index is -2.72. The predicted molar refractivity (Wildman–Crippen MR) is 133 cm³/mol. The van der Waals surface area contributed by atoms with Gasteiger partial charge in [0.15, 0.2) is 0 Å². The Hall–Kier alpha value is -3.70. The van der Waals surface area contributed by atoms with Gasteiger partial charge in [0.05, 0.1) is 5.69 Å². The highest BCUT2D eigenvalue weighted by Gasteiger charge is 2.48. The van der Waals surface area contributed by atoms with Crippen molar-refractivity contribution in [2.75, 3.05) is 5.32 Å². The third-order valence-corrected chi connectivity index (χ3v) is 7.44. The van der Waals surface area contributed by atoms with Crippen molar-refractivity contribution in [3.8, 4) is 11.1 Å². The molecule has 0 aliphatic heterocycles. The average Bonchev–Trinajstić information content (AvgIpc) is 3.81. The molecule has 2 aliphatic carbocycles. The summed E-state index contributed by atoms with van der Waals surface area (Å²) < 4.78 is 42.6. The van der Waals surface area contributed by atoms with Gasteiger partial charge < -0.3 is 10.6 Å². The van der Waals surface area contributed by atoms with Gasteiger partial charge in [0.1, 0.15) is 23.6 Å². The number of rotatable bonds is 10. The highest BCUT2D eigenvalue weighted by molar-refractivity contribution is 6.00. The van der Waals surface area contributed by atoms with Crippen LogP contribution in [-0.4, -0.2) is 49.2 Å². The van der Waals surface area contributed by atoms with E-state index in [-0.39, 0.29) is 34.8 Å². The summed E-state index contributed by atoms with van der Waals surface area (Å²) in [5.74, 6) is -1.49. The molecule has 5 rings (SSSR count). The number of carbonyl (C=O) groups is 2. The van der Waals surface area contributed by atoms with Crippen LogP contribution in [0, 0.1) is 37.5 Å². The molecule has 3 heterocycles. The minimum absolute atomic E-state index is 0.0102. The topological polar surface area (TPSA) is 118 Å². The zero-order chi connectivity index (χ0) is 27.1. The third kappa shape index (κ3) is 5.16. The van der Waals surface area contributed by atoms with Crippen LogP contribution in [0.25, 0.3) is 11.1 Å². The molecule has 0 radical (unpaired) electrons. The molecule has 38 heavy (non-hydrogen) atoms. The number of amides is 2. The van der Waals surface area contributed by atoms with Crippen LogP contribution in [0.2, 0.25) is 0 Å². The van der Waals surface area contributed by atoms with Crippen molar-refractivity contribution < 1.29 is 22.8 Å². The number of aromatic nitrogens is 5. The summed E-state index contributed by atoms with van der Waals surface area (Å²) in [4.78, 5) is 30.7. The van der Waals surface area contributed by atoms with Gasteiger partial charge in [-0.1, -0.05) is 0 Å². The van der Waals surface area contributed by atoms with E-state index in [0.717, 1.165) is 30.4 Å². The zero-order valence-electron chi connectivity index (χ0n) is 21.3. The highest BCUT2D eigenvalue weighted by Crippen LogP contribution is 2.51. The van der Waals surface area contributed by atoms with Gasteiger partial charge in [-0.05, 0) is 82.4 Å². The van der Waals surface area contributed by atoms with Gasteiger partial charge in [0, 0.05) is 23.0 Å². The first-order chi connectivity index (χ1) is 18.2. The Labute approximate surface area is 217 Å². The Kier molecular flexibility index (Phi) is 6.97. The number of nitrogens with one attached hydrogen (secondary N) is 3. The Balaban J connectivity index is 1.39. The third-order valence-electron chi connectivity index (χ3n) is 7.44. The lowest BCUT2D eigenvalue weighted by Gasteiger charge is -2.27. The number of pyridine rings is 1. The molecular weight excluding hydrogens is 499 g/mol. The van der Waals surface area contributed by atoms with Crippen molar-refractivity contribution in [3.63, 3.8) is 0 Å². The average molecular weight is 530 g/mol. The number of halogens is 3. The SMILES string of the molecule is Cc1n[nH]c(C)c1-c1ccc(NC(=O)[C@@H](NC(=O)c2ccnn2C(C)C(F)F)C(C2CC2)C2CC2)nc1F. The highest BCUT2D eigenvalue weighted by atomic mass is 19.3. The molecule has 0 aromatic carbocycles. The first-order valence-corrected chi connectivity index (χ1v) is 12.8. The number of hydrogen-bond acceptors (Lipinski definition) is 5. The maximum absolute atomic E-state index is 15.0. The van der Waals surface area contributed by atoms with Crippen molar-refractivity contribution in [3.05, 3.63) is 47.4 Å². The standard InChI is InChI=1S/C26H30F3N7O2/c1-12-20(13(2)35-34-12)17-8-9-19(31-24(17)29)32-26(38)22(21(15-4-5-15)16-6-7-16)33-25(37)18-10-11-30-36(18)14(3)23(27)28/h8-11,14-16,21-23H,4-7H2,1-3H3,(H,33,37)(H,34,35)(H,31,32,38)/t14?,22-/m0/s1. The van der Waals surface area contributed by atoms with Crippen LogP contribution in [0.5, 0.6) is 0 Å². The van der Waals surface area contributed by atoms with Gasteiger partial charge in [-0.25, -0.2) is 13.8 Å². The Morgan fingerprint density at radius 2 is 1.79 bits per heavy atom. The second kappa shape index (κ2) is 10.2. The molecule has 202 valence electrons. The van der Waals surface area contributed by atoms with E-state index in [0.29, 0.717) is 17.0 Å². The Morgan fingerprint density at radius 1 is 1.11 bits per heavy atom. The van der Waals surface area contributed by atoms with Crippen molar-refractivity contribution in [2.24, 2.45) is 17.8 Å². The smallest absolute Gasteiger partial charge is 0.270 e. The van der Waals surface area contributed by atoms with E-state index in [1.54, 1.807) is 13.8 Å². The van der Waals surface area contributed by atoms with E-state index in [2.05, 4.69) is 30.9 Å². The maximum Gasteiger partial charge on any atom is 0.270 e. The number of nitrogens with zero attached hydrogens (tertiary/aromatic N) is 4. The maximum atomic E-state index is 15.0. The number of alkyl halides is 2. The summed E-state index contributed by atoms with van der Waals surface area (Å²) in [6, 6.07) is 2.13. The lowest BCUT2D eigenvalue weighted by Crippen LogP contribution is -2.50. The Morgan fingerprint density at radius 3 is 2.34 bits per heavy atom. The zero-order valence-corrected chi connectivity index (χ0v) is 21.3. The van der Waals surface area contributed by atoms with Crippen molar-refractivity contribution in [1.82, 2.24) is 30.3 Å². The summed E-state index contributed by atoms with van der Waals surface area (Å²) in [6.07, 6.45) is 2.36. The molecule has 9 nitrogen and oxygen atoms in total. The second-order valence-electron chi connectivity index (χ2n) is 10.3. The molecule has 1 unspecified atom stereocenters. The largest absolute Gasteiger partial charge is 0.339 e. The summed E-state index contributed by atoms with van der Waals surface area (Å²) in [5.41, 5.74) is 2.13. The van der Waals surface area contributed by atoms with Gasteiger partial charge >= 0.3 is 0 Å². The quantitative estimate of drug-likeness (QED) is 0.336. The van der Waals surface area contributed by atoms with Crippen molar-refractivity contribution in [1.29, 1.82) is 0 Å². The molecule has 12 heteroatoms. The van der Waals surface area contributed by atoms with E-state index in [4.69, 9.17) is 0 Å². The van der Waals surface area contributed by atoms with E-state index in [1.807, 2.05) is 0 Å².